The number of hydrogen-bond donors (Lipinski definition) is 0. The van der Waals surface area contributed by atoms with Crippen molar-refractivity contribution in [3.05, 3.63) is 87.2 Å². The summed E-state index contributed by atoms with van der Waals surface area (Å²) in [7, 11) is 0. The van der Waals surface area contributed by atoms with Crippen LogP contribution < -0.4 is 15.0 Å². The van der Waals surface area contributed by atoms with Gasteiger partial charge in [-0.25, -0.2) is 4.68 Å². The molecule has 6 rings (SSSR count). The Morgan fingerprint density at radius 3 is 2.56 bits per heavy atom. The van der Waals surface area contributed by atoms with Crippen LogP contribution in [0.15, 0.2) is 65.5 Å². The van der Waals surface area contributed by atoms with Gasteiger partial charge in [0, 0.05) is 16.0 Å². The van der Waals surface area contributed by atoms with Gasteiger partial charge < -0.3 is 9.47 Å². The highest BCUT2D eigenvalue weighted by Crippen LogP contribution is 2.52. The molecule has 2 aliphatic rings. The monoisotopic (exact) mass is 508 g/mol. The molecule has 1 aliphatic carbocycles. The van der Waals surface area contributed by atoms with Gasteiger partial charge in [-0.15, -0.1) is 8.78 Å². The van der Waals surface area contributed by atoms with Crippen LogP contribution in [0.5, 0.6) is 11.5 Å². The number of rotatable bonds is 5. The van der Waals surface area contributed by atoms with Crippen LogP contribution in [0.3, 0.4) is 0 Å². The molecule has 0 amide bonds. The Bertz CT molecular complexity index is 1630. The van der Waals surface area contributed by atoms with Crippen LogP contribution in [0.2, 0.25) is 5.02 Å². The number of carbonyl (C=O) groups is 1. The molecule has 0 spiro atoms. The van der Waals surface area contributed by atoms with Crippen molar-refractivity contribution in [3.63, 3.8) is 0 Å². The van der Waals surface area contributed by atoms with Crippen LogP contribution in [0, 0.1) is 6.92 Å². The topological polar surface area (TPSA) is 70.4 Å². The van der Waals surface area contributed by atoms with Crippen molar-refractivity contribution in [1.82, 2.24) is 9.78 Å². The summed E-state index contributed by atoms with van der Waals surface area (Å²) < 4.78 is 37.1. The van der Waals surface area contributed by atoms with Crippen LogP contribution in [0.4, 0.5) is 8.78 Å². The highest BCUT2D eigenvalue weighted by atomic mass is 35.5. The number of ether oxygens (including phenoxy) is 2. The third-order valence-corrected chi connectivity index (χ3v) is 6.98. The smallest absolute Gasteiger partial charge is 0.395 e. The third kappa shape index (κ3) is 3.73. The van der Waals surface area contributed by atoms with Gasteiger partial charge in [-0.05, 0) is 55.7 Å². The number of carbonyl (C=O) groups excluding carboxylic acids is 1. The minimum atomic E-state index is -3.74. The summed E-state index contributed by atoms with van der Waals surface area (Å²) in [5, 5.41) is 6.20. The van der Waals surface area contributed by atoms with E-state index >= 15 is 0 Å². The minimum absolute atomic E-state index is 0.0825. The standard InChI is InChI=1S/C27H19ClF2N2O4/c1-15-5-7-19-20(11-15)25(34)32(31-24(19)16-3-2-4-18(28)12-16)14-23(33)26(9-10-26)17-6-8-21-22(13-17)36-27(29,30)35-21/h2-8,11-13H,9-10,14H2,1H3. The molecule has 0 saturated heterocycles. The van der Waals surface area contributed by atoms with Crippen LogP contribution >= 0.6 is 11.6 Å². The molecule has 0 bridgehead atoms. The molecule has 0 N–H and O–H groups in total. The van der Waals surface area contributed by atoms with Gasteiger partial charge >= 0.3 is 6.29 Å². The zero-order chi connectivity index (χ0) is 25.2. The molecular weight excluding hydrogens is 490 g/mol. The van der Waals surface area contributed by atoms with E-state index in [0.717, 1.165) is 11.1 Å². The summed E-state index contributed by atoms with van der Waals surface area (Å²) in [6.07, 6.45) is -2.67. The SMILES string of the molecule is Cc1ccc2c(-c3cccc(Cl)c3)nn(CC(=O)C3(c4ccc5c(c4)OC(F)(F)O5)CC3)c(=O)c2c1. The molecule has 0 radical (unpaired) electrons. The summed E-state index contributed by atoms with van der Waals surface area (Å²) in [4.78, 5) is 26.9. The first-order valence-corrected chi connectivity index (χ1v) is 11.7. The zero-order valence-corrected chi connectivity index (χ0v) is 19.8. The maximum Gasteiger partial charge on any atom is 0.586 e. The van der Waals surface area contributed by atoms with E-state index in [1.54, 1.807) is 30.3 Å². The van der Waals surface area contributed by atoms with E-state index in [-0.39, 0.29) is 29.4 Å². The summed E-state index contributed by atoms with van der Waals surface area (Å²) in [5.41, 5.74) is 1.43. The predicted molar refractivity (Wildman–Crippen MR) is 130 cm³/mol. The van der Waals surface area contributed by atoms with E-state index in [1.807, 2.05) is 25.1 Å². The van der Waals surface area contributed by atoms with E-state index < -0.39 is 11.7 Å². The van der Waals surface area contributed by atoms with Crippen LogP contribution in [0.25, 0.3) is 22.0 Å². The zero-order valence-electron chi connectivity index (χ0n) is 19.1. The maximum atomic E-state index is 13.5. The Hall–Kier alpha value is -3.78. The van der Waals surface area contributed by atoms with Crippen LogP contribution in [-0.2, 0) is 16.8 Å². The molecule has 4 aromatic rings. The fraction of sp³-hybridized carbons (Fsp3) is 0.222. The van der Waals surface area contributed by atoms with Crippen molar-refractivity contribution in [3.8, 4) is 22.8 Å². The molecule has 1 saturated carbocycles. The second kappa shape index (κ2) is 7.86. The van der Waals surface area contributed by atoms with Crippen molar-refractivity contribution >= 4 is 28.2 Å². The van der Waals surface area contributed by atoms with Crippen molar-refractivity contribution in [2.24, 2.45) is 0 Å². The van der Waals surface area contributed by atoms with Gasteiger partial charge in [0.05, 0.1) is 16.5 Å². The Morgan fingerprint density at radius 1 is 1.03 bits per heavy atom. The predicted octanol–water partition coefficient (Wildman–Crippen LogP) is 5.65. The molecule has 0 atom stereocenters. The first-order chi connectivity index (χ1) is 17.1. The molecule has 1 fully saturated rings. The Kier molecular flexibility index (Phi) is 4.95. The average Bonchev–Trinajstić information content (AvgIpc) is 3.58. The molecule has 3 aromatic carbocycles. The number of nitrogens with zero attached hydrogens (tertiary/aromatic N) is 2. The summed E-state index contributed by atoms with van der Waals surface area (Å²) >= 11 is 6.20. The lowest BCUT2D eigenvalue weighted by Gasteiger charge is -2.17. The van der Waals surface area contributed by atoms with E-state index in [4.69, 9.17) is 11.6 Å². The number of aryl methyl sites for hydroxylation is 1. The molecule has 9 heteroatoms. The van der Waals surface area contributed by atoms with Gasteiger partial charge in [-0.2, -0.15) is 5.10 Å². The van der Waals surface area contributed by atoms with Gasteiger partial charge in [0.1, 0.15) is 6.54 Å². The number of hydrogen-bond acceptors (Lipinski definition) is 5. The lowest BCUT2D eigenvalue weighted by atomic mass is 9.91. The molecule has 0 unspecified atom stereocenters. The molecular formula is C27H19ClF2N2O4. The maximum absolute atomic E-state index is 13.5. The lowest BCUT2D eigenvalue weighted by Crippen LogP contribution is -2.32. The van der Waals surface area contributed by atoms with E-state index in [1.165, 1.54) is 16.8 Å². The van der Waals surface area contributed by atoms with Gasteiger partial charge in [-0.3, -0.25) is 9.59 Å². The molecule has 2 heterocycles. The number of Topliss-reactive ketones (excluding diaryl/α,β-unsaturated/α-hetero) is 1. The van der Waals surface area contributed by atoms with Crippen molar-refractivity contribution in [2.45, 2.75) is 38.0 Å². The summed E-state index contributed by atoms with van der Waals surface area (Å²) in [6.45, 7) is 1.62. The molecule has 1 aromatic heterocycles. The Labute approximate surface area is 209 Å². The second-order valence-corrected chi connectivity index (χ2v) is 9.64. The third-order valence-electron chi connectivity index (χ3n) is 6.74. The van der Waals surface area contributed by atoms with Crippen LogP contribution in [-0.4, -0.2) is 21.9 Å². The average molecular weight is 509 g/mol. The van der Waals surface area contributed by atoms with Gasteiger partial charge in [0.25, 0.3) is 5.56 Å². The van der Waals surface area contributed by atoms with Gasteiger partial charge in [-0.1, -0.05) is 47.5 Å². The molecule has 6 nitrogen and oxygen atoms in total. The number of halogens is 3. The van der Waals surface area contributed by atoms with Crippen molar-refractivity contribution < 1.29 is 23.0 Å². The normalized spacial score (nSPS) is 16.8. The van der Waals surface area contributed by atoms with Crippen LogP contribution in [0.1, 0.15) is 24.0 Å². The molecule has 36 heavy (non-hydrogen) atoms. The first kappa shape index (κ1) is 22.7. The number of aromatic nitrogens is 2. The fourth-order valence-corrected chi connectivity index (χ4v) is 4.93. The minimum Gasteiger partial charge on any atom is -0.395 e. The van der Waals surface area contributed by atoms with Crippen molar-refractivity contribution in [1.29, 1.82) is 0 Å². The van der Waals surface area contributed by atoms with E-state index in [9.17, 15) is 18.4 Å². The van der Waals surface area contributed by atoms with Crippen molar-refractivity contribution in [2.75, 3.05) is 0 Å². The Morgan fingerprint density at radius 2 is 1.81 bits per heavy atom. The summed E-state index contributed by atoms with van der Waals surface area (Å²) in [5.74, 6) is -0.427. The second-order valence-electron chi connectivity index (χ2n) is 9.21. The molecule has 182 valence electrons. The Balaban J connectivity index is 1.40. The van der Waals surface area contributed by atoms with E-state index in [0.29, 0.717) is 39.9 Å². The number of ketones is 1. The van der Waals surface area contributed by atoms with E-state index in [2.05, 4.69) is 14.6 Å². The molecule has 1 aliphatic heterocycles. The summed E-state index contributed by atoms with van der Waals surface area (Å²) in [6, 6.07) is 17.0. The lowest BCUT2D eigenvalue weighted by molar-refractivity contribution is -0.286. The largest absolute Gasteiger partial charge is 0.586 e. The fourth-order valence-electron chi connectivity index (χ4n) is 4.74. The quantitative estimate of drug-likeness (QED) is 0.348. The number of alkyl halides is 2. The highest BCUT2D eigenvalue weighted by molar-refractivity contribution is 6.30. The first-order valence-electron chi connectivity index (χ1n) is 11.4. The van der Waals surface area contributed by atoms with Gasteiger partial charge in [0.2, 0.25) is 0 Å². The number of benzene rings is 3. The van der Waals surface area contributed by atoms with Gasteiger partial charge in [0.15, 0.2) is 17.3 Å². The number of fused-ring (bicyclic) bond motifs is 2. The highest BCUT2D eigenvalue weighted by Gasteiger charge is 2.52.